The number of carbonyl (C=O) groups is 1. The van der Waals surface area contributed by atoms with Crippen molar-refractivity contribution in [1.82, 2.24) is 9.88 Å². The lowest BCUT2D eigenvalue weighted by atomic mass is 9.97. The maximum Gasteiger partial charge on any atom is 0.387 e. The summed E-state index contributed by atoms with van der Waals surface area (Å²) in [6.45, 7) is 5.76. The summed E-state index contributed by atoms with van der Waals surface area (Å²) in [4.78, 5) is 21.4. The molecule has 33 heavy (non-hydrogen) atoms. The van der Waals surface area contributed by atoms with Crippen LogP contribution < -0.4 is 15.0 Å². The second-order valence-electron chi connectivity index (χ2n) is 8.61. The fraction of sp³-hybridized carbons (Fsp3) is 0.500. The number of carbonyl (C=O) groups excluding carboxylic acids is 1. The van der Waals surface area contributed by atoms with Crippen molar-refractivity contribution in [2.24, 2.45) is 0 Å². The first-order chi connectivity index (χ1) is 15.7. The van der Waals surface area contributed by atoms with E-state index < -0.39 is 18.9 Å². The van der Waals surface area contributed by atoms with Crippen molar-refractivity contribution in [3.8, 4) is 5.75 Å². The van der Waals surface area contributed by atoms with Gasteiger partial charge in [0, 0.05) is 36.6 Å². The highest BCUT2D eigenvalue weighted by atomic mass is 19.3. The number of aliphatic hydroxyl groups is 1. The molecule has 0 aliphatic carbocycles. The number of aliphatic hydroxyl groups excluding tert-OH is 1. The Kier molecular flexibility index (Phi) is 8.20. The SMILES string of the molecule is Cc1cc(OC(F)F)c(NC(=O)N(c2ccccc2C(C)C)C2CCN(C(C)O)CC2)cn1. The largest absolute Gasteiger partial charge is 0.432 e. The van der Waals surface area contributed by atoms with Gasteiger partial charge in [0.2, 0.25) is 0 Å². The van der Waals surface area contributed by atoms with E-state index in [1.165, 1.54) is 12.3 Å². The topological polar surface area (TPSA) is 77.9 Å². The second-order valence-corrected chi connectivity index (χ2v) is 8.61. The van der Waals surface area contributed by atoms with Gasteiger partial charge >= 0.3 is 12.6 Å². The highest BCUT2D eigenvalue weighted by Crippen LogP contribution is 2.33. The quantitative estimate of drug-likeness (QED) is 0.608. The number of ether oxygens (including phenoxy) is 1. The van der Waals surface area contributed by atoms with Crippen LogP contribution in [0.5, 0.6) is 5.75 Å². The molecule has 0 bridgehead atoms. The van der Waals surface area contributed by atoms with Crippen molar-refractivity contribution in [1.29, 1.82) is 0 Å². The van der Waals surface area contributed by atoms with Gasteiger partial charge in [0.25, 0.3) is 0 Å². The van der Waals surface area contributed by atoms with Crippen LogP contribution in [0.3, 0.4) is 0 Å². The summed E-state index contributed by atoms with van der Waals surface area (Å²) < 4.78 is 30.5. The number of hydrogen-bond acceptors (Lipinski definition) is 5. The number of nitrogens with one attached hydrogen (secondary N) is 1. The summed E-state index contributed by atoms with van der Waals surface area (Å²) in [6.07, 6.45) is 2.10. The van der Waals surface area contributed by atoms with E-state index in [0.717, 1.165) is 11.3 Å². The lowest BCUT2D eigenvalue weighted by Gasteiger charge is -2.40. The molecule has 1 unspecified atom stereocenters. The Labute approximate surface area is 193 Å². The predicted molar refractivity (Wildman–Crippen MR) is 124 cm³/mol. The molecule has 2 aromatic rings. The van der Waals surface area contributed by atoms with Gasteiger partial charge in [0.15, 0.2) is 5.75 Å². The Balaban J connectivity index is 1.95. The Morgan fingerprint density at radius 2 is 1.91 bits per heavy atom. The highest BCUT2D eigenvalue weighted by molar-refractivity contribution is 6.03. The van der Waals surface area contributed by atoms with Gasteiger partial charge in [-0.05, 0) is 44.2 Å². The number of urea groups is 1. The van der Waals surface area contributed by atoms with E-state index in [1.807, 2.05) is 29.2 Å². The summed E-state index contributed by atoms with van der Waals surface area (Å²) in [6, 6.07) is 8.51. The van der Waals surface area contributed by atoms with Gasteiger partial charge in [-0.15, -0.1) is 0 Å². The number of rotatable bonds is 7. The summed E-state index contributed by atoms with van der Waals surface area (Å²) in [5.74, 6) is 0.0414. The molecule has 7 nitrogen and oxygen atoms in total. The third kappa shape index (κ3) is 6.17. The molecule has 2 amide bonds. The molecule has 180 valence electrons. The summed E-state index contributed by atoms with van der Waals surface area (Å²) in [5, 5.41) is 12.7. The monoisotopic (exact) mass is 462 g/mol. The van der Waals surface area contributed by atoms with Crippen molar-refractivity contribution < 1.29 is 23.4 Å². The molecule has 1 aliphatic rings. The van der Waals surface area contributed by atoms with Gasteiger partial charge in [-0.25, -0.2) is 4.79 Å². The predicted octanol–water partition coefficient (Wildman–Crippen LogP) is 4.96. The number of aromatic nitrogens is 1. The number of alkyl halides is 2. The first-order valence-corrected chi connectivity index (χ1v) is 11.2. The summed E-state index contributed by atoms with van der Waals surface area (Å²) in [7, 11) is 0. The number of piperidine rings is 1. The zero-order valence-corrected chi connectivity index (χ0v) is 19.5. The van der Waals surface area contributed by atoms with Crippen LogP contribution in [0.4, 0.5) is 25.0 Å². The molecule has 2 N–H and O–H groups in total. The number of likely N-dealkylation sites (tertiary alicyclic amines) is 1. The molecule has 1 fully saturated rings. The van der Waals surface area contributed by atoms with E-state index >= 15 is 0 Å². The molecule has 0 radical (unpaired) electrons. The van der Waals surface area contributed by atoms with Crippen LogP contribution in [-0.2, 0) is 0 Å². The first-order valence-electron chi connectivity index (χ1n) is 11.2. The maximum absolute atomic E-state index is 13.6. The van der Waals surface area contributed by atoms with Crippen LogP contribution in [0.25, 0.3) is 0 Å². The number of pyridine rings is 1. The number of anilines is 2. The number of nitrogens with zero attached hydrogens (tertiary/aromatic N) is 3. The number of halogens is 2. The van der Waals surface area contributed by atoms with Crippen molar-refractivity contribution in [2.75, 3.05) is 23.3 Å². The van der Waals surface area contributed by atoms with Gasteiger partial charge in [-0.2, -0.15) is 8.78 Å². The molecule has 2 heterocycles. The van der Waals surface area contributed by atoms with Gasteiger partial charge in [-0.1, -0.05) is 32.0 Å². The zero-order valence-electron chi connectivity index (χ0n) is 19.5. The normalized spacial score (nSPS) is 16.2. The molecular formula is C24H32F2N4O3. The van der Waals surface area contributed by atoms with E-state index in [1.54, 1.807) is 18.7 Å². The lowest BCUT2D eigenvalue weighted by molar-refractivity contribution is -0.0494. The third-order valence-corrected chi connectivity index (χ3v) is 5.89. The minimum absolute atomic E-state index is 0.0827. The van der Waals surface area contributed by atoms with Crippen LogP contribution in [0, 0.1) is 6.92 Å². The van der Waals surface area contributed by atoms with Crippen LogP contribution in [-0.4, -0.2) is 53.0 Å². The molecule has 1 aromatic heterocycles. The van der Waals surface area contributed by atoms with Crippen molar-refractivity contribution in [3.05, 3.63) is 47.8 Å². The average molecular weight is 463 g/mol. The summed E-state index contributed by atoms with van der Waals surface area (Å²) in [5.41, 5.74) is 2.36. The minimum atomic E-state index is -3.02. The lowest BCUT2D eigenvalue weighted by Crippen LogP contribution is -2.51. The van der Waals surface area contributed by atoms with E-state index in [0.29, 0.717) is 31.6 Å². The average Bonchev–Trinajstić information content (AvgIpc) is 2.76. The molecule has 0 spiro atoms. The molecule has 1 saturated heterocycles. The number of hydrogen-bond donors (Lipinski definition) is 2. The van der Waals surface area contributed by atoms with Gasteiger partial charge < -0.3 is 15.2 Å². The van der Waals surface area contributed by atoms with Crippen LogP contribution in [0.2, 0.25) is 0 Å². The van der Waals surface area contributed by atoms with Crippen molar-refractivity contribution in [3.63, 3.8) is 0 Å². The fourth-order valence-corrected chi connectivity index (χ4v) is 4.18. The van der Waals surface area contributed by atoms with Gasteiger partial charge in [0.1, 0.15) is 11.9 Å². The standard InChI is InChI=1S/C24H32F2N4O3/c1-15(2)19-7-5-6-8-21(19)30(18-9-11-29(12-10-18)17(4)31)24(32)28-20-14-27-16(3)13-22(20)33-23(25)26/h5-8,13-15,17-18,23,31H,9-12H2,1-4H3,(H,28,32). The van der Waals surface area contributed by atoms with Crippen LogP contribution >= 0.6 is 0 Å². The van der Waals surface area contributed by atoms with Crippen molar-refractivity contribution in [2.45, 2.75) is 65.3 Å². The summed E-state index contributed by atoms with van der Waals surface area (Å²) >= 11 is 0. The van der Waals surface area contributed by atoms with E-state index in [9.17, 15) is 18.7 Å². The van der Waals surface area contributed by atoms with E-state index in [-0.39, 0.29) is 23.4 Å². The number of amides is 2. The molecule has 1 atom stereocenters. The smallest absolute Gasteiger partial charge is 0.387 e. The Hall–Kier alpha value is -2.78. The molecule has 0 saturated carbocycles. The highest BCUT2D eigenvalue weighted by Gasteiger charge is 2.32. The first kappa shape index (κ1) is 24.9. The zero-order chi connectivity index (χ0) is 24.1. The third-order valence-electron chi connectivity index (χ3n) is 5.89. The molecular weight excluding hydrogens is 430 g/mol. The molecule has 1 aliphatic heterocycles. The Morgan fingerprint density at radius 3 is 2.52 bits per heavy atom. The van der Waals surface area contributed by atoms with Gasteiger partial charge in [-0.3, -0.25) is 14.8 Å². The van der Waals surface area contributed by atoms with E-state index in [2.05, 4.69) is 28.9 Å². The van der Waals surface area contributed by atoms with Crippen LogP contribution in [0.15, 0.2) is 36.5 Å². The number of benzene rings is 1. The maximum atomic E-state index is 13.6. The van der Waals surface area contributed by atoms with Gasteiger partial charge in [0.05, 0.1) is 6.20 Å². The molecule has 1 aromatic carbocycles. The van der Waals surface area contributed by atoms with Crippen molar-refractivity contribution >= 4 is 17.4 Å². The van der Waals surface area contributed by atoms with E-state index in [4.69, 9.17) is 0 Å². The Morgan fingerprint density at radius 1 is 1.24 bits per heavy atom. The second kappa shape index (κ2) is 10.9. The molecule has 9 heteroatoms. The number of aryl methyl sites for hydroxylation is 1. The fourth-order valence-electron chi connectivity index (χ4n) is 4.18. The molecule has 3 rings (SSSR count). The van der Waals surface area contributed by atoms with Crippen LogP contribution in [0.1, 0.15) is 50.8 Å². The Bertz CT molecular complexity index is 947. The minimum Gasteiger partial charge on any atom is -0.432 e. The number of para-hydroxylation sites is 1.